The first kappa shape index (κ1) is 10.9. The van der Waals surface area contributed by atoms with Gasteiger partial charge in [-0.05, 0) is 6.54 Å². The van der Waals surface area contributed by atoms with Crippen molar-refractivity contribution in [3.05, 3.63) is 36.9 Å². The molecule has 0 saturated carbocycles. The van der Waals surface area contributed by atoms with Crippen molar-refractivity contribution in [3.8, 4) is 11.3 Å². The van der Waals surface area contributed by atoms with Crippen molar-refractivity contribution in [1.82, 2.24) is 24.9 Å². The molecule has 0 bridgehead atoms. The second-order valence-corrected chi connectivity index (χ2v) is 3.86. The molecule has 1 N–H and O–H groups in total. The second kappa shape index (κ2) is 4.58. The number of hydrogen-bond donors (Lipinski definition) is 1. The van der Waals surface area contributed by atoms with Crippen LogP contribution in [0.5, 0.6) is 0 Å². The van der Waals surface area contributed by atoms with Crippen LogP contribution in [0, 0.1) is 0 Å². The summed E-state index contributed by atoms with van der Waals surface area (Å²) >= 11 is 0. The molecule has 3 heterocycles. The lowest BCUT2D eigenvalue weighted by atomic mass is 10.2. The SMILES string of the molecule is CCNCc1ncc(-c2cnn3ccncc23)o1. The first-order chi connectivity index (χ1) is 8.88. The minimum Gasteiger partial charge on any atom is -0.439 e. The Kier molecular flexibility index (Phi) is 2.77. The average Bonchev–Trinajstić information content (AvgIpc) is 3.02. The van der Waals surface area contributed by atoms with E-state index in [1.165, 1.54) is 0 Å². The summed E-state index contributed by atoms with van der Waals surface area (Å²) in [5.41, 5.74) is 1.81. The molecule has 0 aliphatic heterocycles. The van der Waals surface area contributed by atoms with Gasteiger partial charge in [-0.1, -0.05) is 6.92 Å². The molecule has 3 aromatic heterocycles. The smallest absolute Gasteiger partial charge is 0.208 e. The quantitative estimate of drug-likeness (QED) is 0.752. The van der Waals surface area contributed by atoms with Gasteiger partial charge < -0.3 is 9.73 Å². The first-order valence-corrected chi connectivity index (χ1v) is 5.81. The van der Waals surface area contributed by atoms with E-state index in [-0.39, 0.29) is 0 Å². The number of nitrogens with zero attached hydrogens (tertiary/aromatic N) is 4. The fourth-order valence-electron chi connectivity index (χ4n) is 1.77. The van der Waals surface area contributed by atoms with Gasteiger partial charge in [-0.15, -0.1) is 0 Å². The van der Waals surface area contributed by atoms with Crippen molar-refractivity contribution in [1.29, 1.82) is 0 Å². The maximum absolute atomic E-state index is 5.68. The molecule has 0 aliphatic rings. The number of hydrogen-bond acceptors (Lipinski definition) is 5. The van der Waals surface area contributed by atoms with E-state index in [0.29, 0.717) is 18.2 Å². The van der Waals surface area contributed by atoms with E-state index >= 15 is 0 Å². The summed E-state index contributed by atoms with van der Waals surface area (Å²) in [5.74, 6) is 1.39. The van der Waals surface area contributed by atoms with E-state index in [4.69, 9.17) is 4.42 Å². The van der Waals surface area contributed by atoms with E-state index in [1.54, 1.807) is 35.5 Å². The Bertz CT molecular complexity index is 657. The number of nitrogens with one attached hydrogen (secondary N) is 1. The van der Waals surface area contributed by atoms with Crippen LogP contribution in [-0.2, 0) is 6.54 Å². The Labute approximate surface area is 104 Å². The van der Waals surface area contributed by atoms with Gasteiger partial charge in [0.2, 0.25) is 5.89 Å². The highest BCUT2D eigenvalue weighted by Gasteiger charge is 2.11. The van der Waals surface area contributed by atoms with Crippen LogP contribution < -0.4 is 5.32 Å². The van der Waals surface area contributed by atoms with Crippen LogP contribution in [0.1, 0.15) is 12.8 Å². The van der Waals surface area contributed by atoms with Gasteiger partial charge in [0.05, 0.1) is 36.2 Å². The molecule has 0 atom stereocenters. The van der Waals surface area contributed by atoms with Crippen LogP contribution in [-0.4, -0.2) is 26.1 Å². The van der Waals surface area contributed by atoms with E-state index in [9.17, 15) is 0 Å². The highest BCUT2D eigenvalue weighted by atomic mass is 16.4. The number of fused-ring (bicyclic) bond motifs is 1. The molecule has 0 radical (unpaired) electrons. The molecule has 3 rings (SSSR count). The highest BCUT2D eigenvalue weighted by molar-refractivity contribution is 5.75. The van der Waals surface area contributed by atoms with Crippen LogP contribution in [0.4, 0.5) is 0 Å². The van der Waals surface area contributed by atoms with Gasteiger partial charge in [0.25, 0.3) is 0 Å². The second-order valence-electron chi connectivity index (χ2n) is 3.86. The number of oxazole rings is 1. The predicted molar refractivity (Wildman–Crippen MR) is 65.9 cm³/mol. The molecule has 92 valence electrons. The molecule has 0 unspecified atom stereocenters. The predicted octanol–water partition coefficient (Wildman–Crippen LogP) is 1.49. The van der Waals surface area contributed by atoms with Gasteiger partial charge >= 0.3 is 0 Å². The van der Waals surface area contributed by atoms with Crippen LogP contribution in [0.2, 0.25) is 0 Å². The highest BCUT2D eigenvalue weighted by Crippen LogP contribution is 2.24. The summed E-state index contributed by atoms with van der Waals surface area (Å²) in [6.07, 6.45) is 8.73. The Morgan fingerprint density at radius 3 is 3.17 bits per heavy atom. The molecule has 18 heavy (non-hydrogen) atoms. The fourth-order valence-corrected chi connectivity index (χ4v) is 1.77. The molecule has 0 spiro atoms. The van der Waals surface area contributed by atoms with E-state index in [1.807, 2.05) is 6.92 Å². The summed E-state index contributed by atoms with van der Waals surface area (Å²) in [7, 11) is 0. The third kappa shape index (κ3) is 1.86. The van der Waals surface area contributed by atoms with E-state index in [2.05, 4.69) is 20.4 Å². The first-order valence-electron chi connectivity index (χ1n) is 5.81. The topological polar surface area (TPSA) is 68.2 Å². The maximum atomic E-state index is 5.68. The van der Waals surface area contributed by atoms with Gasteiger partial charge in [0, 0.05) is 12.4 Å². The zero-order valence-electron chi connectivity index (χ0n) is 10.00. The Hall–Kier alpha value is -2.21. The summed E-state index contributed by atoms with van der Waals surface area (Å²) in [6.45, 7) is 3.56. The lowest BCUT2D eigenvalue weighted by molar-refractivity contribution is 0.483. The average molecular weight is 243 g/mol. The van der Waals surface area contributed by atoms with E-state index < -0.39 is 0 Å². The van der Waals surface area contributed by atoms with Crippen molar-refractivity contribution in [3.63, 3.8) is 0 Å². The lowest BCUT2D eigenvalue weighted by Gasteiger charge is -1.95. The Morgan fingerprint density at radius 1 is 1.33 bits per heavy atom. The molecule has 0 aliphatic carbocycles. The largest absolute Gasteiger partial charge is 0.439 e. The van der Waals surface area contributed by atoms with Gasteiger partial charge in [-0.2, -0.15) is 5.10 Å². The van der Waals surface area contributed by atoms with Crippen molar-refractivity contribution < 1.29 is 4.42 Å². The third-order valence-electron chi connectivity index (χ3n) is 2.67. The summed E-state index contributed by atoms with van der Waals surface area (Å²) < 4.78 is 7.44. The van der Waals surface area contributed by atoms with Crippen molar-refractivity contribution >= 4 is 5.52 Å². The third-order valence-corrected chi connectivity index (χ3v) is 2.67. The van der Waals surface area contributed by atoms with Gasteiger partial charge in [0.1, 0.15) is 0 Å². The minimum atomic E-state index is 0.633. The molecule has 0 saturated heterocycles. The van der Waals surface area contributed by atoms with E-state index in [0.717, 1.165) is 17.6 Å². The molecule has 0 amide bonds. The molecule has 6 nitrogen and oxygen atoms in total. The molecule has 6 heteroatoms. The van der Waals surface area contributed by atoms with Crippen LogP contribution in [0.15, 0.2) is 35.4 Å². The van der Waals surface area contributed by atoms with Gasteiger partial charge in [-0.25, -0.2) is 9.50 Å². The lowest BCUT2D eigenvalue weighted by Crippen LogP contribution is -2.11. The standard InChI is InChI=1S/C12H13N5O/c1-2-13-8-12-15-7-11(18-12)9-5-16-17-4-3-14-6-10(9)17/h3-7,13H,2,8H2,1H3. The Balaban J connectivity index is 1.96. The molecule has 0 aromatic carbocycles. The summed E-state index contributed by atoms with van der Waals surface area (Å²) in [6, 6.07) is 0. The minimum absolute atomic E-state index is 0.633. The number of rotatable bonds is 4. The van der Waals surface area contributed by atoms with Crippen LogP contribution in [0.25, 0.3) is 16.8 Å². The zero-order valence-corrected chi connectivity index (χ0v) is 10.00. The van der Waals surface area contributed by atoms with Crippen molar-refractivity contribution in [2.24, 2.45) is 0 Å². The normalized spacial score (nSPS) is 11.2. The maximum Gasteiger partial charge on any atom is 0.208 e. The molecule has 3 aromatic rings. The van der Waals surface area contributed by atoms with Crippen LogP contribution in [0.3, 0.4) is 0 Å². The van der Waals surface area contributed by atoms with Crippen molar-refractivity contribution in [2.75, 3.05) is 6.54 Å². The van der Waals surface area contributed by atoms with Gasteiger partial charge in [0.15, 0.2) is 5.76 Å². The zero-order chi connectivity index (χ0) is 12.4. The number of aromatic nitrogens is 4. The molecule has 0 fully saturated rings. The monoisotopic (exact) mass is 243 g/mol. The van der Waals surface area contributed by atoms with Gasteiger partial charge in [-0.3, -0.25) is 4.98 Å². The summed E-state index contributed by atoms with van der Waals surface area (Å²) in [5, 5.41) is 7.41. The molecular formula is C12H13N5O. The Morgan fingerprint density at radius 2 is 2.28 bits per heavy atom. The van der Waals surface area contributed by atoms with Crippen molar-refractivity contribution in [2.45, 2.75) is 13.5 Å². The fraction of sp³-hybridized carbons (Fsp3) is 0.250. The van der Waals surface area contributed by atoms with Crippen LogP contribution >= 0.6 is 0 Å². The summed E-state index contributed by atoms with van der Waals surface area (Å²) in [4.78, 5) is 8.32. The molecular weight excluding hydrogens is 230 g/mol.